The van der Waals surface area contributed by atoms with E-state index < -0.39 is 17.3 Å². The number of rotatable bonds is 8. The molecule has 34 heavy (non-hydrogen) atoms. The van der Waals surface area contributed by atoms with Crippen molar-refractivity contribution < 1.29 is 23.4 Å². The molecule has 0 amide bonds. The van der Waals surface area contributed by atoms with E-state index in [9.17, 15) is 14.0 Å². The van der Waals surface area contributed by atoms with Gasteiger partial charge in [-0.1, -0.05) is 29.8 Å². The van der Waals surface area contributed by atoms with Crippen LogP contribution < -0.4 is 5.56 Å². The number of aromatic nitrogens is 1. The number of carbonyl (C=O) groups is 1. The van der Waals surface area contributed by atoms with E-state index in [0.717, 1.165) is 24.8 Å². The number of carbonyl (C=O) groups excluding carboxylic acids is 1. The highest BCUT2D eigenvalue weighted by Crippen LogP contribution is 2.22. The fourth-order valence-corrected chi connectivity index (χ4v) is 4.32. The molecule has 0 spiro atoms. The summed E-state index contributed by atoms with van der Waals surface area (Å²) in [4.78, 5) is 25.6. The average molecular weight is 488 g/mol. The molecule has 0 N–H and O–H groups in total. The number of benzene rings is 1. The summed E-state index contributed by atoms with van der Waals surface area (Å²) in [5, 5.41) is 0.0456. The zero-order chi connectivity index (χ0) is 24.1. The highest BCUT2D eigenvalue weighted by molar-refractivity contribution is 6.30. The number of nitrogens with zero attached hydrogens (tertiary/aromatic N) is 1. The lowest BCUT2D eigenvalue weighted by Gasteiger charge is -2.22. The van der Waals surface area contributed by atoms with E-state index in [0.29, 0.717) is 36.3 Å². The number of hydrogen-bond donors (Lipinski definition) is 0. The summed E-state index contributed by atoms with van der Waals surface area (Å²) in [5.74, 6) is -1.16. The lowest BCUT2D eigenvalue weighted by Crippen LogP contribution is -2.26. The molecule has 1 saturated heterocycles. The number of esters is 1. The summed E-state index contributed by atoms with van der Waals surface area (Å²) < 4.78 is 32.4. The van der Waals surface area contributed by atoms with Gasteiger partial charge >= 0.3 is 5.97 Å². The maximum absolute atomic E-state index is 14.4. The van der Waals surface area contributed by atoms with Gasteiger partial charge in [-0.3, -0.25) is 9.20 Å². The minimum absolute atomic E-state index is 0.0456. The SMILES string of the molecule is CCOC(=O)c1cc(CCOC2CCCCO2)c2ccc(Cc3cccc(Cl)c3F)cn2c1=O. The molecule has 4 rings (SSSR count). The largest absolute Gasteiger partial charge is 0.462 e. The van der Waals surface area contributed by atoms with Gasteiger partial charge in [0.15, 0.2) is 6.29 Å². The molecular formula is C26H27ClFNO5. The zero-order valence-corrected chi connectivity index (χ0v) is 19.8. The number of halogens is 2. The van der Waals surface area contributed by atoms with Gasteiger partial charge in [0.25, 0.3) is 5.56 Å². The third-order valence-electron chi connectivity index (χ3n) is 5.84. The number of hydrogen-bond acceptors (Lipinski definition) is 5. The summed E-state index contributed by atoms with van der Waals surface area (Å²) in [6.45, 7) is 2.92. The van der Waals surface area contributed by atoms with Gasteiger partial charge in [-0.05, 0) is 67.5 Å². The quantitative estimate of drug-likeness (QED) is 0.421. The van der Waals surface area contributed by atoms with Crippen LogP contribution in [0.4, 0.5) is 4.39 Å². The van der Waals surface area contributed by atoms with Gasteiger partial charge in [-0.2, -0.15) is 0 Å². The first kappa shape index (κ1) is 24.4. The van der Waals surface area contributed by atoms with Crippen LogP contribution in [0, 0.1) is 5.82 Å². The maximum atomic E-state index is 14.4. The topological polar surface area (TPSA) is 66.2 Å². The molecule has 6 nitrogen and oxygen atoms in total. The molecule has 0 aliphatic carbocycles. The van der Waals surface area contributed by atoms with Crippen molar-refractivity contribution in [3.8, 4) is 0 Å². The Kier molecular flexibility index (Phi) is 7.98. The van der Waals surface area contributed by atoms with Gasteiger partial charge in [0.2, 0.25) is 0 Å². The molecule has 1 aliphatic heterocycles. The molecule has 3 heterocycles. The monoisotopic (exact) mass is 487 g/mol. The van der Waals surface area contributed by atoms with Gasteiger partial charge in [-0.25, -0.2) is 9.18 Å². The summed E-state index contributed by atoms with van der Waals surface area (Å²) >= 11 is 5.91. The second-order valence-corrected chi connectivity index (χ2v) is 8.62. The van der Waals surface area contributed by atoms with Gasteiger partial charge in [0, 0.05) is 19.2 Å². The molecule has 0 bridgehead atoms. The molecule has 1 unspecified atom stereocenters. The van der Waals surface area contributed by atoms with E-state index >= 15 is 0 Å². The second-order valence-electron chi connectivity index (χ2n) is 8.21. The minimum Gasteiger partial charge on any atom is -0.462 e. The highest BCUT2D eigenvalue weighted by atomic mass is 35.5. The lowest BCUT2D eigenvalue weighted by molar-refractivity contribution is -0.161. The van der Waals surface area contributed by atoms with Crippen LogP contribution in [0.2, 0.25) is 5.02 Å². The van der Waals surface area contributed by atoms with Crippen LogP contribution in [0.15, 0.2) is 47.4 Å². The number of pyridine rings is 2. The minimum atomic E-state index is -0.675. The third-order valence-corrected chi connectivity index (χ3v) is 6.13. The Labute approximate surface area is 202 Å². The molecule has 2 aromatic heterocycles. The van der Waals surface area contributed by atoms with Crippen LogP contribution in [0.5, 0.6) is 0 Å². The summed E-state index contributed by atoms with van der Waals surface area (Å²) in [7, 11) is 0. The highest BCUT2D eigenvalue weighted by Gasteiger charge is 2.19. The van der Waals surface area contributed by atoms with E-state index in [1.54, 1.807) is 37.4 Å². The van der Waals surface area contributed by atoms with E-state index in [4.69, 9.17) is 25.8 Å². The van der Waals surface area contributed by atoms with Crippen molar-refractivity contribution in [2.45, 2.75) is 45.3 Å². The van der Waals surface area contributed by atoms with Crippen molar-refractivity contribution >= 4 is 23.1 Å². The first-order chi connectivity index (χ1) is 16.5. The Bertz CT molecular complexity index is 1240. The molecule has 1 aromatic carbocycles. The van der Waals surface area contributed by atoms with Crippen molar-refractivity contribution in [3.63, 3.8) is 0 Å². The summed E-state index contributed by atoms with van der Waals surface area (Å²) in [6.07, 6.45) is 5.10. The Morgan fingerprint density at radius 1 is 1.24 bits per heavy atom. The molecule has 1 aliphatic rings. The van der Waals surface area contributed by atoms with Crippen molar-refractivity contribution in [1.29, 1.82) is 0 Å². The van der Waals surface area contributed by atoms with E-state index in [1.807, 2.05) is 6.07 Å². The van der Waals surface area contributed by atoms with E-state index in [2.05, 4.69) is 0 Å². The predicted molar refractivity (Wildman–Crippen MR) is 127 cm³/mol. The van der Waals surface area contributed by atoms with Crippen LogP contribution in [-0.2, 0) is 27.1 Å². The van der Waals surface area contributed by atoms with Gasteiger partial charge in [0.1, 0.15) is 11.4 Å². The van der Waals surface area contributed by atoms with Crippen LogP contribution in [0.3, 0.4) is 0 Å². The average Bonchev–Trinajstić information content (AvgIpc) is 2.84. The Hall–Kier alpha value is -2.74. The molecular weight excluding hydrogens is 461 g/mol. The number of ether oxygens (including phenoxy) is 3. The van der Waals surface area contributed by atoms with Crippen molar-refractivity contribution in [1.82, 2.24) is 4.40 Å². The third kappa shape index (κ3) is 5.49. The van der Waals surface area contributed by atoms with Gasteiger partial charge in [0.05, 0.1) is 23.8 Å². The Morgan fingerprint density at radius 3 is 2.85 bits per heavy atom. The van der Waals surface area contributed by atoms with E-state index in [-0.39, 0.29) is 29.9 Å². The Balaban J connectivity index is 1.67. The molecule has 0 saturated carbocycles. The van der Waals surface area contributed by atoms with Gasteiger partial charge in [-0.15, -0.1) is 0 Å². The van der Waals surface area contributed by atoms with Crippen molar-refractivity contribution in [2.24, 2.45) is 0 Å². The molecule has 1 atom stereocenters. The van der Waals surface area contributed by atoms with Crippen molar-refractivity contribution in [3.05, 3.63) is 86.0 Å². The first-order valence-electron chi connectivity index (χ1n) is 11.5. The predicted octanol–water partition coefficient (Wildman–Crippen LogP) is 4.95. The molecule has 0 radical (unpaired) electrons. The van der Waals surface area contributed by atoms with Crippen LogP contribution >= 0.6 is 11.6 Å². The lowest BCUT2D eigenvalue weighted by atomic mass is 10.0. The smallest absolute Gasteiger partial charge is 0.343 e. The van der Waals surface area contributed by atoms with Crippen molar-refractivity contribution in [2.75, 3.05) is 19.8 Å². The zero-order valence-electron chi connectivity index (χ0n) is 19.0. The van der Waals surface area contributed by atoms with Crippen LogP contribution in [0.25, 0.3) is 5.52 Å². The molecule has 3 aromatic rings. The molecule has 180 valence electrons. The fraction of sp³-hybridized carbons (Fsp3) is 0.385. The fourth-order valence-electron chi connectivity index (χ4n) is 4.12. The normalized spacial score (nSPS) is 16.0. The molecule has 8 heteroatoms. The van der Waals surface area contributed by atoms with E-state index in [1.165, 1.54) is 10.5 Å². The number of fused-ring (bicyclic) bond motifs is 1. The van der Waals surface area contributed by atoms with Crippen LogP contribution in [-0.4, -0.2) is 36.5 Å². The second kappa shape index (κ2) is 11.1. The standard InChI is InChI=1S/C26H27ClFNO5/c1-2-32-26(31)20-15-18(11-13-34-23-8-3-4-12-33-23)22-10-9-17(16-29(22)25(20)30)14-19-6-5-7-21(27)24(19)28/h5-7,9-10,15-16,23H,2-4,8,11-14H2,1H3. The molecule has 1 fully saturated rings. The summed E-state index contributed by atoms with van der Waals surface area (Å²) in [6, 6.07) is 10.1. The Morgan fingerprint density at radius 2 is 2.09 bits per heavy atom. The van der Waals surface area contributed by atoms with Gasteiger partial charge < -0.3 is 14.2 Å². The summed E-state index contributed by atoms with van der Waals surface area (Å²) in [5.41, 5.74) is 2.02. The maximum Gasteiger partial charge on any atom is 0.343 e. The first-order valence-corrected chi connectivity index (χ1v) is 11.9. The van der Waals surface area contributed by atoms with Crippen LogP contribution in [0.1, 0.15) is 53.2 Å².